The van der Waals surface area contributed by atoms with Gasteiger partial charge in [-0.05, 0) is 23.6 Å². The topological polar surface area (TPSA) is 90.4 Å². The number of hydrogen-bond donors (Lipinski definition) is 0. The summed E-state index contributed by atoms with van der Waals surface area (Å²) in [5.41, 5.74) is 1.41. The molecule has 0 unspecified atom stereocenters. The van der Waals surface area contributed by atoms with E-state index in [-0.39, 0.29) is 31.2 Å². The fourth-order valence-corrected chi connectivity index (χ4v) is 4.68. The van der Waals surface area contributed by atoms with Gasteiger partial charge in [-0.3, -0.25) is 14.5 Å². The number of amides is 2. The monoisotopic (exact) mass is 464 g/mol. The van der Waals surface area contributed by atoms with E-state index in [4.69, 9.17) is 9.68 Å². The Morgan fingerprint density at radius 3 is 2.75 bits per heavy atom. The van der Waals surface area contributed by atoms with E-state index in [1.165, 1.54) is 27.6 Å². The molecule has 0 bridgehead atoms. The summed E-state index contributed by atoms with van der Waals surface area (Å²) < 4.78 is 5.90. The van der Waals surface area contributed by atoms with Gasteiger partial charge in [0.2, 0.25) is 5.91 Å². The minimum absolute atomic E-state index is 0.127. The lowest BCUT2D eigenvalue weighted by Crippen LogP contribution is -2.36. The molecule has 0 saturated carbocycles. The lowest BCUT2D eigenvalue weighted by molar-refractivity contribution is -0.129. The van der Waals surface area contributed by atoms with Crippen molar-refractivity contribution in [1.82, 2.24) is 9.88 Å². The number of thiazole rings is 1. The first kappa shape index (κ1) is 21.7. The number of furan rings is 1. The van der Waals surface area contributed by atoms with Gasteiger partial charge in [-0.25, -0.2) is 4.98 Å². The molecule has 0 fully saturated rings. The first-order valence-corrected chi connectivity index (χ1v) is 11.7. The maximum atomic E-state index is 13.2. The molecule has 1 aromatic carbocycles. The lowest BCUT2D eigenvalue weighted by atomic mass is 10.2. The predicted octanol–water partition coefficient (Wildman–Crippen LogP) is 5.03. The van der Waals surface area contributed by atoms with Crippen LogP contribution in [0.3, 0.4) is 0 Å². The molecule has 0 spiro atoms. The number of hydrogen-bond acceptors (Lipinski definition) is 7. The highest BCUT2D eigenvalue weighted by atomic mass is 32.1. The molecule has 9 heteroatoms. The Kier molecular flexibility index (Phi) is 6.63. The normalized spacial score (nSPS) is 10.8. The highest BCUT2D eigenvalue weighted by molar-refractivity contribution is 7.14. The highest BCUT2D eigenvalue weighted by Gasteiger charge is 2.24. The third-order valence-corrected chi connectivity index (χ3v) is 6.63. The minimum Gasteiger partial charge on any atom is -0.454 e. The van der Waals surface area contributed by atoms with Crippen LogP contribution in [0.2, 0.25) is 0 Å². The number of thiophene rings is 1. The zero-order valence-electron chi connectivity index (χ0n) is 17.4. The molecule has 4 rings (SSSR count). The fraction of sp³-hybridized carbons (Fsp3) is 0.217. The van der Waals surface area contributed by atoms with Crippen molar-refractivity contribution in [2.45, 2.75) is 12.8 Å². The van der Waals surface area contributed by atoms with Crippen LogP contribution in [-0.2, 0) is 4.79 Å². The first-order chi connectivity index (χ1) is 15.6. The minimum atomic E-state index is -0.196. The fourth-order valence-electron chi connectivity index (χ4n) is 3.17. The van der Waals surface area contributed by atoms with Gasteiger partial charge in [0.15, 0.2) is 10.9 Å². The predicted molar refractivity (Wildman–Crippen MR) is 126 cm³/mol. The molecule has 32 heavy (non-hydrogen) atoms. The SMILES string of the molecule is CN(CCC#N)C(=O)CCN(C(=O)c1cccs1)c1nc(-c2cc3ccccc3o2)cs1. The maximum Gasteiger partial charge on any atom is 0.270 e. The number of nitriles is 1. The van der Waals surface area contributed by atoms with Crippen molar-refractivity contribution in [1.29, 1.82) is 5.26 Å². The van der Waals surface area contributed by atoms with Crippen LogP contribution < -0.4 is 4.90 Å². The molecule has 0 saturated heterocycles. The third-order valence-electron chi connectivity index (χ3n) is 4.91. The Morgan fingerprint density at radius 2 is 2.00 bits per heavy atom. The number of carbonyl (C=O) groups excluding carboxylic acids is 2. The largest absolute Gasteiger partial charge is 0.454 e. The van der Waals surface area contributed by atoms with E-state index in [1.807, 2.05) is 53.2 Å². The van der Waals surface area contributed by atoms with Crippen LogP contribution in [0.15, 0.2) is 57.6 Å². The summed E-state index contributed by atoms with van der Waals surface area (Å²) in [6.45, 7) is 0.557. The molecule has 0 aliphatic rings. The number of rotatable bonds is 8. The van der Waals surface area contributed by atoms with Crippen LogP contribution in [0.4, 0.5) is 5.13 Å². The van der Waals surface area contributed by atoms with Gasteiger partial charge >= 0.3 is 0 Å². The molecular weight excluding hydrogens is 444 g/mol. The van der Waals surface area contributed by atoms with Gasteiger partial charge in [-0.15, -0.1) is 22.7 Å². The summed E-state index contributed by atoms with van der Waals surface area (Å²) >= 11 is 2.68. The molecule has 0 aliphatic heterocycles. The number of para-hydroxylation sites is 1. The third kappa shape index (κ3) is 4.72. The summed E-state index contributed by atoms with van der Waals surface area (Å²) in [5.74, 6) is 0.306. The Morgan fingerprint density at radius 1 is 1.16 bits per heavy atom. The Labute approximate surface area is 193 Å². The Bertz CT molecular complexity index is 1240. The molecule has 0 atom stereocenters. The Hall–Kier alpha value is -3.48. The standard InChI is InChI=1S/C23H20N4O3S2/c1-26(11-5-10-24)21(28)9-12-27(22(29)20-8-4-13-31-20)23-25-17(15-32-23)19-14-16-6-2-3-7-18(16)30-19/h2-4,6-8,13-15H,5,9,11-12H2,1H3. The smallest absolute Gasteiger partial charge is 0.270 e. The molecular formula is C23H20N4O3S2. The number of aromatic nitrogens is 1. The van der Waals surface area contributed by atoms with E-state index in [0.29, 0.717) is 28.0 Å². The van der Waals surface area contributed by atoms with Crippen molar-refractivity contribution >= 4 is 50.6 Å². The lowest BCUT2D eigenvalue weighted by Gasteiger charge is -2.21. The van der Waals surface area contributed by atoms with E-state index < -0.39 is 0 Å². The number of carbonyl (C=O) groups is 2. The molecule has 0 radical (unpaired) electrons. The van der Waals surface area contributed by atoms with Crippen molar-refractivity contribution in [3.63, 3.8) is 0 Å². The number of anilines is 1. The zero-order chi connectivity index (χ0) is 22.5. The highest BCUT2D eigenvalue weighted by Crippen LogP contribution is 2.32. The molecule has 3 aromatic heterocycles. The Balaban J connectivity index is 1.57. The van der Waals surface area contributed by atoms with E-state index >= 15 is 0 Å². The molecule has 4 aromatic rings. The van der Waals surface area contributed by atoms with Gasteiger partial charge < -0.3 is 9.32 Å². The van der Waals surface area contributed by atoms with Gasteiger partial charge in [0.05, 0.1) is 17.4 Å². The van der Waals surface area contributed by atoms with Crippen LogP contribution in [-0.4, -0.2) is 41.8 Å². The number of fused-ring (bicyclic) bond motifs is 1. The zero-order valence-corrected chi connectivity index (χ0v) is 19.0. The van der Waals surface area contributed by atoms with Gasteiger partial charge in [0.1, 0.15) is 11.3 Å². The number of benzene rings is 1. The van der Waals surface area contributed by atoms with Crippen molar-refractivity contribution in [2.75, 3.05) is 25.0 Å². The average molecular weight is 465 g/mol. The van der Waals surface area contributed by atoms with Crippen molar-refractivity contribution in [2.24, 2.45) is 0 Å². The molecule has 0 N–H and O–H groups in total. The summed E-state index contributed by atoms with van der Waals surface area (Å²) in [6, 6.07) is 15.3. The van der Waals surface area contributed by atoms with Crippen molar-refractivity contribution < 1.29 is 14.0 Å². The molecule has 3 heterocycles. The van der Waals surface area contributed by atoms with Crippen molar-refractivity contribution in [3.8, 4) is 17.5 Å². The van der Waals surface area contributed by atoms with Crippen molar-refractivity contribution in [3.05, 3.63) is 58.1 Å². The molecule has 0 aliphatic carbocycles. The van der Waals surface area contributed by atoms with Crippen LogP contribution in [0.5, 0.6) is 0 Å². The molecule has 2 amide bonds. The van der Waals surface area contributed by atoms with Gasteiger partial charge in [0, 0.05) is 37.3 Å². The first-order valence-electron chi connectivity index (χ1n) is 9.97. The van der Waals surface area contributed by atoms with Gasteiger partial charge in [-0.2, -0.15) is 5.26 Å². The molecule has 7 nitrogen and oxygen atoms in total. The molecule has 162 valence electrons. The quantitative estimate of drug-likeness (QED) is 0.365. The summed E-state index contributed by atoms with van der Waals surface area (Å²) in [5, 5.41) is 13.9. The van der Waals surface area contributed by atoms with E-state index in [9.17, 15) is 9.59 Å². The van der Waals surface area contributed by atoms with Crippen LogP contribution in [0, 0.1) is 11.3 Å². The van der Waals surface area contributed by atoms with Crippen LogP contribution >= 0.6 is 22.7 Å². The summed E-state index contributed by atoms with van der Waals surface area (Å²) in [6.07, 6.45) is 0.409. The summed E-state index contributed by atoms with van der Waals surface area (Å²) in [4.78, 5) is 33.9. The second kappa shape index (κ2) is 9.77. The maximum absolute atomic E-state index is 13.2. The summed E-state index contributed by atoms with van der Waals surface area (Å²) in [7, 11) is 1.66. The second-order valence-electron chi connectivity index (χ2n) is 7.07. The van der Waals surface area contributed by atoms with Gasteiger partial charge in [-0.1, -0.05) is 24.3 Å². The van der Waals surface area contributed by atoms with E-state index in [2.05, 4.69) is 4.98 Å². The average Bonchev–Trinajstić information content (AvgIpc) is 3.57. The van der Waals surface area contributed by atoms with Gasteiger partial charge in [0.25, 0.3) is 5.91 Å². The van der Waals surface area contributed by atoms with Crippen LogP contribution in [0.1, 0.15) is 22.5 Å². The van der Waals surface area contributed by atoms with E-state index in [0.717, 1.165) is 11.0 Å². The number of nitrogens with zero attached hydrogens (tertiary/aromatic N) is 4. The van der Waals surface area contributed by atoms with E-state index in [1.54, 1.807) is 18.0 Å². The van der Waals surface area contributed by atoms with Crippen LogP contribution in [0.25, 0.3) is 22.4 Å². The second-order valence-corrected chi connectivity index (χ2v) is 8.86.